The summed E-state index contributed by atoms with van der Waals surface area (Å²) in [6.45, 7) is 3.40. The van der Waals surface area contributed by atoms with Gasteiger partial charge in [0, 0.05) is 40.3 Å². The van der Waals surface area contributed by atoms with Gasteiger partial charge in [0.15, 0.2) is 0 Å². The molecule has 0 aromatic heterocycles. The Morgan fingerprint density at radius 2 is 1.96 bits per heavy atom. The minimum atomic E-state index is -0.996. The third kappa shape index (κ3) is 3.50. The van der Waals surface area contributed by atoms with Crippen molar-refractivity contribution in [1.82, 2.24) is 0 Å². The van der Waals surface area contributed by atoms with E-state index in [0.717, 1.165) is 5.56 Å². The molecule has 1 amide bonds. The number of aliphatic carboxylic acids is 1. The van der Waals surface area contributed by atoms with E-state index in [1.165, 1.54) is 6.92 Å². The van der Waals surface area contributed by atoms with Crippen LogP contribution in [0.15, 0.2) is 36.4 Å². The van der Waals surface area contributed by atoms with Crippen LogP contribution in [0.2, 0.25) is 10.0 Å². The molecule has 7 heteroatoms. The highest BCUT2D eigenvalue weighted by Crippen LogP contribution is 2.44. The van der Waals surface area contributed by atoms with E-state index < -0.39 is 18.1 Å². The Morgan fingerprint density at radius 3 is 2.58 bits per heavy atom. The molecule has 1 aliphatic rings. The van der Waals surface area contributed by atoms with E-state index in [4.69, 9.17) is 23.2 Å². The summed E-state index contributed by atoms with van der Waals surface area (Å²) < 4.78 is 0. The van der Waals surface area contributed by atoms with Crippen LogP contribution in [0.4, 0.5) is 11.4 Å². The molecule has 3 rings (SSSR count). The van der Waals surface area contributed by atoms with Crippen molar-refractivity contribution in [2.24, 2.45) is 0 Å². The standard InChI is InChI=1S/C19H18Cl2N2O3/c1-10-4-3-5-13(6-10)23(11(2)24)17-9-16(19(25)26)22-15-8-12(20)7-14(21)18(15)17/h3-8,16-17,22H,9H2,1-2H3,(H,25,26)/t16-,17+/m0/s1. The molecule has 0 bridgehead atoms. The maximum Gasteiger partial charge on any atom is 0.326 e. The number of fused-ring (bicyclic) bond motifs is 1. The molecule has 0 saturated carbocycles. The highest BCUT2D eigenvalue weighted by Gasteiger charge is 2.37. The molecule has 26 heavy (non-hydrogen) atoms. The summed E-state index contributed by atoms with van der Waals surface area (Å²) in [5.41, 5.74) is 2.90. The summed E-state index contributed by atoms with van der Waals surface area (Å²) >= 11 is 12.5. The largest absolute Gasteiger partial charge is 0.480 e. The van der Waals surface area contributed by atoms with Crippen molar-refractivity contribution in [2.45, 2.75) is 32.4 Å². The van der Waals surface area contributed by atoms with Crippen molar-refractivity contribution in [3.05, 3.63) is 57.6 Å². The van der Waals surface area contributed by atoms with E-state index in [0.29, 0.717) is 27.0 Å². The monoisotopic (exact) mass is 392 g/mol. The van der Waals surface area contributed by atoms with Crippen molar-refractivity contribution >= 4 is 46.5 Å². The zero-order chi connectivity index (χ0) is 19.0. The quantitative estimate of drug-likeness (QED) is 0.796. The van der Waals surface area contributed by atoms with Crippen molar-refractivity contribution in [2.75, 3.05) is 10.2 Å². The predicted molar refractivity (Wildman–Crippen MR) is 103 cm³/mol. The first-order valence-corrected chi connectivity index (χ1v) is 8.88. The van der Waals surface area contributed by atoms with Crippen LogP contribution in [0.1, 0.15) is 30.5 Å². The number of hydrogen-bond acceptors (Lipinski definition) is 3. The van der Waals surface area contributed by atoms with Gasteiger partial charge in [-0.3, -0.25) is 4.79 Å². The van der Waals surface area contributed by atoms with Crippen LogP contribution < -0.4 is 10.2 Å². The summed E-state index contributed by atoms with van der Waals surface area (Å²) in [5, 5.41) is 13.3. The van der Waals surface area contributed by atoms with Crippen LogP contribution in [-0.2, 0) is 9.59 Å². The second kappa shape index (κ2) is 7.17. The first-order valence-electron chi connectivity index (χ1n) is 8.12. The van der Waals surface area contributed by atoms with Gasteiger partial charge in [0.25, 0.3) is 0 Å². The predicted octanol–water partition coefficient (Wildman–Crippen LogP) is 4.66. The Labute approximate surface area is 161 Å². The number of halogens is 2. The van der Waals surface area contributed by atoms with Crippen LogP contribution in [0.3, 0.4) is 0 Å². The topological polar surface area (TPSA) is 69.6 Å². The van der Waals surface area contributed by atoms with E-state index in [-0.39, 0.29) is 12.3 Å². The average Bonchev–Trinajstić information content (AvgIpc) is 2.53. The van der Waals surface area contributed by atoms with Gasteiger partial charge in [-0.1, -0.05) is 35.3 Å². The summed E-state index contributed by atoms with van der Waals surface area (Å²) in [6.07, 6.45) is 0.192. The molecule has 5 nitrogen and oxygen atoms in total. The van der Waals surface area contributed by atoms with Gasteiger partial charge >= 0.3 is 5.97 Å². The number of benzene rings is 2. The van der Waals surface area contributed by atoms with Crippen LogP contribution in [0.25, 0.3) is 0 Å². The highest BCUT2D eigenvalue weighted by molar-refractivity contribution is 6.35. The Hall–Kier alpha value is -2.24. The van der Waals surface area contributed by atoms with Gasteiger partial charge in [-0.05, 0) is 36.8 Å². The minimum absolute atomic E-state index is 0.191. The van der Waals surface area contributed by atoms with Gasteiger partial charge in [-0.25, -0.2) is 4.79 Å². The number of amides is 1. The summed E-state index contributed by atoms with van der Waals surface area (Å²) in [5.74, 6) is -1.19. The number of nitrogens with one attached hydrogen (secondary N) is 1. The third-order valence-corrected chi connectivity index (χ3v) is 4.98. The number of hydrogen-bond donors (Lipinski definition) is 2. The SMILES string of the molecule is CC(=O)N(c1cccc(C)c1)[C@@H]1C[C@@H](C(=O)O)Nc2cc(Cl)cc(Cl)c21. The lowest BCUT2D eigenvalue weighted by Crippen LogP contribution is -2.43. The molecule has 0 fully saturated rings. The molecule has 1 heterocycles. The molecule has 2 aromatic rings. The Kier molecular flexibility index (Phi) is 5.12. The Morgan fingerprint density at radius 1 is 1.23 bits per heavy atom. The number of carbonyl (C=O) groups excluding carboxylic acids is 1. The number of carboxylic acid groups (broad SMARTS) is 1. The molecule has 0 spiro atoms. The number of rotatable bonds is 3. The number of carbonyl (C=O) groups is 2. The molecule has 136 valence electrons. The van der Waals surface area contributed by atoms with E-state index in [1.54, 1.807) is 17.0 Å². The summed E-state index contributed by atoms with van der Waals surface area (Å²) in [4.78, 5) is 25.7. The van der Waals surface area contributed by atoms with Gasteiger partial charge < -0.3 is 15.3 Å². The van der Waals surface area contributed by atoms with Gasteiger partial charge in [-0.2, -0.15) is 0 Å². The molecular weight excluding hydrogens is 375 g/mol. The van der Waals surface area contributed by atoms with Crippen molar-refractivity contribution in [3.8, 4) is 0 Å². The van der Waals surface area contributed by atoms with Gasteiger partial charge in [0.05, 0.1) is 6.04 Å². The second-order valence-corrected chi connectivity index (χ2v) is 7.21. The average molecular weight is 393 g/mol. The summed E-state index contributed by atoms with van der Waals surface area (Å²) in [6, 6.07) is 9.39. The molecule has 2 aromatic carbocycles. The highest BCUT2D eigenvalue weighted by atomic mass is 35.5. The number of carboxylic acids is 1. The lowest BCUT2D eigenvalue weighted by atomic mass is 9.91. The molecule has 0 saturated heterocycles. The molecule has 2 N–H and O–H groups in total. The first kappa shape index (κ1) is 18.5. The van der Waals surface area contributed by atoms with Crippen LogP contribution in [0, 0.1) is 6.92 Å². The molecule has 0 aliphatic carbocycles. The molecule has 0 radical (unpaired) electrons. The number of aryl methyl sites for hydroxylation is 1. The first-order chi connectivity index (χ1) is 12.3. The Bertz CT molecular complexity index is 885. The summed E-state index contributed by atoms with van der Waals surface area (Å²) in [7, 11) is 0. The van der Waals surface area contributed by atoms with Gasteiger partial charge in [-0.15, -0.1) is 0 Å². The van der Waals surface area contributed by atoms with Crippen LogP contribution in [-0.4, -0.2) is 23.0 Å². The normalized spacial score (nSPS) is 18.6. The molecule has 0 unspecified atom stereocenters. The fraction of sp³-hybridized carbons (Fsp3) is 0.263. The fourth-order valence-electron chi connectivity index (χ4n) is 3.39. The van der Waals surface area contributed by atoms with E-state index in [2.05, 4.69) is 5.32 Å². The fourth-order valence-corrected chi connectivity index (χ4v) is 4.01. The number of anilines is 2. The maximum atomic E-state index is 12.5. The van der Waals surface area contributed by atoms with E-state index >= 15 is 0 Å². The van der Waals surface area contributed by atoms with Gasteiger partial charge in [0.2, 0.25) is 5.91 Å². The van der Waals surface area contributed by atoms with E-state index in [9.17, 15) is 14.7 Å². The molecule has 1 aliphatic heterocycles. The van der Waals surface area contributed by atoms with Gasteiger partial charge in [0.1, 0.15) is 6.04 Å². The van der Waals surface area contributed by atoms with Crippen molar-refractivity contribution in [3.63, 3.8) is 0 Å². The lowest BCUT2D eigenvalue weighted by molar-refractivity contribution is -0.138. The second-order valence-electron chi connectivity index (χ2n) is 6.36. The Balaban J connectivity index is 2.17. The van der Waals surface area contributed by atoms with E-state index in [1.807, 2.05) is 31.2 Å². The van der Waals surface area contributed by atoms with Crippen LogP contribution in [0.5, 0.6) is 0 Å². The lowest BCUT2D eigenvalue weighted by Gasteiger charge is -2.39. The maximum absolute atomic E-state index is 12.5. The van der Waals surface area contributed by atoms with Crippen molar-refractivity contribution < 1.29 is 14.7 Å². The molecule has 2 atom stereocenters. The number of nitrogens with zero attached hydrogens (tertiary/aromatic N) is 1. The zero-order valence-electron chi connectivity index (χ0n) is 14.3. The zero-order valence-corrected chi connectivity index (χ0v) is 15.8. The minimum Gasteiger partial charge on any atom is -0.480 e. The molecular formula is C19H18Cl2N2O3. The third-order valence-electron chi connectivity index (χ3n) is 4.45. The van der Waals surface area contributed by atoms with Crippen LogP contribution >= 0.6 is 23.2 Å². The van der Waals surface area contributed by atoms with Crippen molar-refractivity contribution in [1.29, 1.82) is 0 Å². The smallest absolute Gasteiger partial charge is 0.326 e.